The van der Waals surface area contributed by atoms with E-state index in [4.69, 9.17) is 17.0 Å². The van der Waals surface area contributed by atoms with Crippen molar-refractivity contribution in [1.29, 1.82) is 0 Å². The fraction of sp³-hybridized carbons (Fsp3) is 0.192. The van der Waals surface area contributed by atoms with Crippen LogP contribution in [0.5, 0.6) is 5.75 Å². The number of H-pyrrole nitrogens is 1. The number of rotatable bonds is 7. The van der Waals surface area contributed by atoms with Gasteiger partial charge in [0.2, 0.25) is 0 Å². The molecule has 0 unspecified atom stereocenters. The molecule has 4 rings (SSSR count). The van der Waals surface area contributed by atoms with Gasteiger partial charge >= 0.3 is 0 Å². The summed E-state index contributed by atoms with van der Waals surface area (Å²) < 4.78 is 5.34. The van der Waals surface area contributed by atoms with E-state index in [2.05, 4.69) is 34.3 Å². The third-order valence-corrected chi connectivity index (χ3v) is 5.89. The minimum atomic E-state index is -0.136. The molecule has 0 radical (unpaired) electrons. The van der Waals surface area contributed by atoms with Gasteiger partial charge in [-0.1, -0.05) is 36.4 Å². The van der Waals surface area contributed by atoms with Gasteiger partial charge in [0, 0.05) is 35.4 Å². The average Bonchev–Trinajstić information content (AvgIpc) is 2.84. The number of hydrogen-bond acceptors (Lipinski definition) is 4. The van der Waals surface area contributed by atoms with Gasteiger partial charge in [0.1, 0.15) is 5.75 Å². The highest BCUT2D eigenvalue weighted by molar-refractivity contribution is 7.80. The third-order valence-electron chi connectivity index (χ3n) is 5.51. The molecule has 0 aliphatic carbocycles. The Hall–Kier alpha value is -3.71. The Morgan fingerprint density at radius 2 is 1.94 bits per heavy atom. The zero-order valence-electron chi connectivity index (χ0n) is 18.6. The Morgan fingerprint density at radius 1 is 1.12 bits per heavy atom. The monoisotopic (exact) mass is 458 g/mol. The summed E-state index contributed by atoms with van der Waals surface area (Å²) in [5, 5.41) is 4.89. The van der Waals surface area contributed by atoms with Crippen LogP contribution in [0.1, 0.15) is 29.7 Å². The molecular formula is C26H26N4O2S. The minimum absolute atomic E-state index is 0.0225. The number of hydrogen-bond donors (Lipinski definition) is 2. The second-order valence-corrected chi connectivity index (χ2v) is 8.26. The van der Waals surface area contributed by atoms with Gasteiger partial charge in [-0.05, 0) is 60.6 Å². The molecule has 0 aliphatic heterocycles. The highest BCUT2D eigenvalue weighted by Crippen LogP contribution is 2.20. The Balaban J connectivity index is 1.62. The molecule has 168 valence electrons. The molecule has 0 bridgehead atoms. The van der Waals surface area contributed by atoms with E-state index in [1.165, 1.54) is 0 Å². The molecule has 33 heavy (non-hydrogen) atoms. The van der Waals surface area contributed by atoms with Crippen LogP contribution in [-0.4, -0.2) is 27.1 Å². The molecule has 0 aliphatic rings. The van der Waals surface area contributed by atoms with Crippen LogP contribution < -0.4 is 15.6 Å². The lowest BCUT2D eigenvalue weighted by atomic mass is 10.1. The molecule has 1 atom stereocenters. The second-order valence-electron chi connectivity index (χ2n) is 7.88. The number of pyridine rings is 2. The predicted molar refractivity (Wildman–Crippen MR) is 135 cm³/mol. The highest BCUT2D eigenvalue weighted by atomic mass is 32.1. The molecule has 7 heteroatoms. The molecule has 0 fully saturated rings. The van der Waals surface area contributed by atoms with Crippen molar-refractivity contribution in [3.8, 4) is 5.75 Å². The third kappa shape index (κ3) is 5.56. The van der Waals surface area contributed by atoms with Crippen LogP contribution in [0, 0.1) is 0 Å². The van der Waals surface area contributed by atoms with Crippen LogP contribution in [0.4, 0.5) is 0 Å². The number of benzene rings is 2. The number of nitrogens with one attached hydrogen (secondary N) is 2. The fourth-order valence-electron chi connectivity index (χ4n) is 3.69. The SMILES string of the molecule is COc1ccc2[nH]c(=O)c(CN(Cc3cccnc3)C(=S)N[C@H](C)c3ccccc3)cc2c1. The number of ether oxygens (including phenoxy) is 1. The predicted octanol–water partition coefficient (Wildman–Crippen LogP) is 4.57. The largest absolute Gasteiger partial charge is 0.497 e. The van der Waals surface area contributed by atoms with Crippen molar-refractivity contribution >= 4 is 28.2 Å². The van der Waals surface area contributed by atoms with Gasteiger partial charge in [-0.2, -0.15) is 0 Å². The molecule has 0 spiro atoms. The van der Waals surface area contributed by atoms with E-state index in [0.717, 1.165) is 27.8 Å². The minimum Gasteiger partial charge on any atom is -0.497 e. The molecule has 2 aromatic carbocycles. The zero-order chi connectivity index (χ0) is 23.2. The maximum atomic E-state index is 12.9. The molecule has 0 amide bonds. The van der Waals surface area contributed by atoms with Gasteiger partial charge in [-0.3, -0.25) is 9.78 Å². The first-order valence-electron chi connectivity index (χ1n) is 10.7. The summed E-state index contributed by atoms with van der Waals surface area (Å²) >= 11 is 5.79. The van der Waals surface area contributed by atoms with Crippen LogP contribution in [0.3, 0.4) is 0 Å². The molecule has 2 aromatic heterocycles. The smallest absolute Gasteiger partial charge is 0.253 e. The van der Waals surface area contributed by atoms with Gasteiger partial charge in [0.05, 0.1) is 19.7 Å². The van der Waals surface area contributed by atoms with Crippen molar-refractivity contribution in [2.24, 2.45) is 0 Å². The lowest BCUT2D eigenvalue weighted by Gasteiger charge is -2.28. The Labute approximate surface area is 198 Å². The van der Waals surface area contributed by atoms with Crippen LogP contribution >= 0.6 is 12.2 Å². The maximum Gasteiger partial charge on any atom is 0.253 e. The summed E-state index contributed by atoms with van der Waals surface area (Å²) in [5.74, 6) is 0.738. The van der Waals surface area contributed by atoms with Crippen LogP contribution in [0.25, 0.3) is 10.9 Å². The van der Waals surface area contributed by atoms with Crippen molar-refractivity contribution in [3.05, 3.63) is 106 Å². The van der Waals surface area contributed by atoms with Crippen LogP contribution in [0.2, 0.25) is 0 Å². The summed E-state index contributed by atoms with van der Waals surface area (Å²) in [6.07, 6.45) is 3.55. The van der Waals surface area contributed by atoms with Crippen molar-refractivity contribution in [3.63, 3.8) is 0 Å². The van der Waals surface area contributed by atoms with E-state index in [-0.39, 0.29) is 11.6 Å². The number of thiocarbonyl (C=S) groups is 1. The van der Waals surface area contributed by atoms with Crippen molar-refractivity contribution in [1.82, 2.24) is 20.2 Å². The van der Waals surface area contributed by atoms with Gasteiger partial charge in [0.15, 0.2) is 5.11 Å². The summed E-state index contributed by atoms with van der Waals surface area (Å²) in [5.41, 5.74) is 3.39. The summed E-state index contributed by atoms with van der Waals surface area (Å²) in [6.45, 7) is 2.94. The molecule has 2 heterocycles. The Kier molecular flexibility index (Phi) is 7.00. The Morgan fingerprint density at radius 3 is 2.67 bits per heavy atom. The number of aromatic nitrogens is 2. The topological polar surface area (TPSA) is 70.2 Å². The van der Waals surface area contributed by atoms with Gasteiger partial charge in [0.25, 0.3) is 5.56 Å². The van der Waals surface area contributed by atoms with E-state index < -0.39 is 0 Å². The zero-order valence-corrected chi connectivity index (χ0v) is 19.4. The number of methoxy groups -OCH3 is 1. The lowest BCUT2D eigenvalue weighted by molar-refractivity contribution is 0.391. The normalized spacial score (nSPS) is 11.7. The van der Waals surface area contributed by atoms with Crippen molar-refractivity contribution < 1.29 is 4.74 Å². The first-order valence-corrected chi connectivity index (χ1v) is 11.1. The standard InChI is InChI=1S/C26H26N4O2S/c1-18(20-8-4-3-5-9-20)28-26(33)30(16-19-7-6-12-27-15-19)17-22-13-21-14-23(32-2)10-11-24(21)29-25(22)31/h3-15,18H,16-17H2,1-2H3,(H,28,33)(H,29,31)/t18-/m1/s1. The molecule has 4 aromatic rings. The summed E-state index contributed by atoms with van der Waals surface area (Å²) in [4.78, 5) is 22.0. The number of fused-ring (bicyclic) bond motifs is 1. The number of aromatic amines is 1. The molecule has 6 nitrogen and oxygen atoms in total. The molecule has 2 N–H and O–H groups in total. The van der Waals surface area contributed by atoms with Crippen LogP contribution in [0.15, 0.2) is 83.9 Å². The Bertz CT molecular complexity index is 1290. The van der Waals surface area contributed by atoms with Crippen molar-refractivity contribution in [2.45, 2.75) is 26.1 Å². The van der Waals surface area contributed by atoms with Gasteiger partial charge < -0.3 is 19.9 Å². The number of nitrogens with zero attached hydrogens (tertiary/aromatic N) is 2. The van der Waals surface area contributed by atoms with Gasteiger partial charge in [-0.15, -0.1) is 0 Å². The quantitative estimate of drug-likeness (QED) is 0.396. The van der Waals surface area contributed by atoms with Gasteiger partial charge in [-0.25, -0.2) is 0 Å². The van der Waals surface area contributed by atoms with E-state index in [9.17, 15) is 4.79 Å². The first-order chi connectivity index (χ1) is 16.0. The second kappa shape index (κ2) is 10.3. The van der Waals surface area contributed by atoms with E-state index in [1.807, 2.05) is 65.7 Å². The van der Waals surface area contributed by atoms with E-state index in [0.29, 0.717) is 23.8 Å². The lowest BCUT2D eigenvalue weighted by Crippen LogP contribution is -2.41. The van der Waals surface area contributed by atoms with Crippen molar-refractivity contribution in [2.75, 3.05) is 7.11 Å². The first kappa shape index (κ1) is 22.5. The maximum absolute atomic E-state index is 12.9. The molecule has 0 saturated heterocycles. The average molecular weight is 459 g/mol. The van der Waals surface area contributed by atoms with Crippen LogP contribution in [-0.2, 0) is 13.1 Å². The van der Waals surface area contributed by atoms with E-state index >= 15 is 0 Å². The molecule has 0 saturated carbocycles. The fourth-order valence-corrected chi connectivity index (χ4v) is 4.00. The summed E-state index contributed by atoms with van der Waals surface area (Å²) in [7, 11) is 1.63. The summed E-state index contributed by atoms with van der Waals surface area (Å²) in [6, 6.07) is 21.5. The highest BCUT2D eigenvalue weighted by Gasteiger charge is 2.17. The molecular weight excluding hydrogens is 432 g/mol. The van der Waals surface area contributed by atoms with E-state index in [1.54, 1.807) is 13.3 Å².